The molecule has 1 aliphatic heterocycles. The molecule has 0 aromatic rings. The zero-order valence-electron chi connectivity index (χ0n) is 12.3. The Morgan fingerprint density at radius 3 is 2.55 bits per heavy atom. The molecule has 2 amide bonds. The fourth-order valence-electron chi connectivity index (χ4n) is 2.20. The van der Waals surface area contributed by atoms with Crippen molar-refractivity contribution in [2.45, 2.75) is 57.9 Å². The number of carboxylic acids is 1. The number of aliphatic carboxylic acids is 1. The maximum atomic E-state index is 12.0. The van der Waals surface area contributed by atoms with Crippen LogP contribution in [-0.2, 0) is 14.4 Å². The smallest absolute Gasteiger partial charge is 0.329 e. The number of nitrogens with zero attached hydrogens (tertiary/aromatic N) is 1. The second-order valence-corrected chi connectivity index (χ2v) is 5.52. The van der Waals surface area contributed by atoms with Crippen molar-refractivity contribution in [2.24, 2.45) is 0 Å². The summed E-state index contributed by atoms with van der Waals surface area (Å²) >= 11 is 0. The van der Waals surface area contributed by atoms with Gasteiger partial charge >= 0.3 is 5.97 Å². The molecule has 0 bridgehead atoms. The highest BCUT2D eigenvalue weighted by Crippen LogP contribution is 2.12. The van der Waals surface area contributed by atoms with E-state index in [4.69, 9.17) is 5.11 Å². The fraction of sp³-hybridized carbons (Fsp3) is 0.786. The molecule has 0 radical (unpaired) electrons. The molecule has 1 rings (SSSR count). The highest BCUT2D eigenvalue weighted by molar-refractivity contribution is 5.89. The lowest BCUT2D eigenvalue weighted by Gasteiger charge is -2.28. The van der Waals surface area contributed by atoms with Crippen molar-refractivity contribution in [1.82, 2.24) is 10.2 Å². The highest BCUT2D eigenvalue weighted by atomic mass is 16.4. The maximum Gasteiger partial charge on any atom is 0.329 e. The van der Waals surface area contributed by atoms with E-state index in [0.717, 1.165) is 25.7 Å². The van der Waals surface area contributed by atoms with Gasteiger partial charge in [-0.05, 0) is 26.2 Å². The lowest BCUT2D eigenvalue weighted by molar-refractivity contribution is -0.147. The van der Waals surface area contributed by atoms with E-state index >= 15 is 0 Å². The molecule has 20 heavy (non-hydrogen) atoms. The first-order chi connectivity index (χ1) is 9.39. The molecule has 0 spiro atoms. The third-order valence-corrected chi connectivity index (χ3v) is 3.85. The standard InChI is InChI=1S/C14H24N2O4/c1-3-14(2,13(19)20)15-11(17)10-16-9-7-5-4-6-8-12(16)18/h3-10H2,1-2H3,(H,15,17)(H,19,20). The molecule has 114 valence electrons. The van der Waals surface area contributed by atoms with Crippen LogP contribution < -0.4 is 5.32 Å². The second-order valence-electron chi connectivity index (χ2n) is 5.52. The molecule has 0 aliphatic carbocycles. The maximum absolute atomic E-state index is 12.0. The zero-order chi connectivity index (χ0) is 15.2. The van der Waals surface area contributed by atoms with E-state index in [9.17, 15) is 14.4 Å². The summed E-state index contributed by atoms with van der Waals surface area (Å²) in [5, 5.41) is 11.6. The summed E-state index contributed by atoms with van der Waals surface area (Å²) in [6, 6.07) is 0. The number of hydrogen-bond donors (Lipinski definition) is 2. The monoisotopic (exact) mass is 284 g/mol. The van der Waals surface area contributed by atoms with Crippen molar-refractivity contribution in [1.29, 1.82) is 0 Å². The van der Waals surface area contributed by atoms with E-state index in [1.165, 1.54) is 11.8 Å². The minimum absolute atomic E-state index is 0.0200. The summed E-state index contributed by atoms with van der Waals surface area (Å²) < 4.78 is 0. The molecule has 0 saturated carbocycles. The average molecular weight is 284 g/mol. The SMILES string of the molecule is CCC(C)(NC(=O)CN1CCCCCCC1=O)C(=O)O. The van der Waals surface area contributed by atoms with Crippen LogP contribution in [0.4, 0.5) is 0 Å². The largest absolute Gasteiger partial charge is 0.480 e. The molecule has 1 heterocycles. The Morgan fingerprint density at radius 1 is 1.30 bits per heavy atom. The first kappa shape index (κ1) is 16.5. The Hall–Kier alpha value is -1.59. The predicted molar refractivity (Wildman–Crippen MR) is 74.1 cm³/mol. The van der Waals surface area contributed by atoms with E-state index in [2.05, 4.69) is 5.32 Å². The summed E-state index contributed by atoms with van der Waals surface area (Å²) in [5.41, 5.74) is -1.27. The van der Waals surface area contributed by atoms with E-state index < -0.39 is 17.4 Å². The van der Waals surface area contributed by atoms with Gasteiger partial charge in [0.15, 0.2) is 0 Å². The van der Waals surface area contributed by atoms with Crippen LogP contribution in [0.1, 0.15) is 52.4 Å². The third kappa shape index (κ3) is 4.51. The first-order valence-electron chi connectivity index (χ1n) is 7.21. The normalized spacial score (nSPS) is 19.7. The number of carbonyl (C=O) groups excluding carboxylic acids is 2. The van der Waals surface area contributed by atoms with Gasteiger partial charge in [-0.25, -0.2) is 4.79 Å². The number of likely N-dealkylation sites (tertiary alicyclic amines) is 1. The summed E-state index contributed by atoms with van der Waals surface area (Å²) in [5.74, 6) is -1.49. The molecule has 0 aromatic heterocycles. The van der Waals surface area contributed by atoms with Gasteiger partial charge in [-0.3, -0.25) is 9.59 Å². The third-order valence-electron chi connectivity index (χ3n) is 3.85. The molecular weight excluding hydrogens is 260 g/mol. The number of nitrogens with one attached hydrogen (secondary N) is 1. The number of hydrogen-bond acceptors (Lipinski definition) is 3. The molecule has 1 fully saturated rings. The lowest BCUT2D eigenvalue weighted by Crippen LogP contribution is -2.54. The van der Waals surface area contributed by atoms with Gasteiger partial charge in [-0.1, -0.05) is 19.8 Å². The Kier molecular flexibility index (Phi) is 5.98. The molecule has 2 N–H and O–H groups in total. The van der Waals surface area contributed by atoms with Gasteiger partial charge in [0.25, 0.3) is 0 Å². The van der Waals surface area contributed by atoms with Crippen molar-refractivity contribution in [2.75, 3.05) is 13.1 Å². The molecule has 1 atom stereocenters. The Morgan fingerprint density at radius 2 is 1.95 bits per heavy atom. The first-order valence-corrected chi connectivity index (χ1v) is 7.21. The molecule has 6 nitrogen and oxygen atoms in total. The fourth-order valence-corrected chi connectivity index (χ4v) is 2.20. The van der Waals surface area contributed by atoms with Crippen molar-refractivity contribution < 1.29 is 19.5 Å². The number of amides is 2. The topological polar surface area (TPSA) is 86.7 Å². The molecule has 1 aliphatic rings. The summed E-state index contributed by atoms with van der Waals surface area (Å²) in [6.45, 7) is 3.70. The van der Waals surface area contributed by atoms with Crippen molar-refractivity contribution >= 4 is 17.8 Å². The Balaban J connectivity index is 2.59. The zero-order valence-corrected chi connectivity index (χ0v) is 12.3. The Bertz CT molecular complexity index is 383. The van der Waals surface area contributed by atoms with Crippen LogP contribution in [0.3, 0.4) is 0 Å². The minimum atomic E-state index is -1.27. The van der Waals surface area contributed by atoms with Crippen LogP contribution in [-0.4, -0.2) is 46.4 Å². The van der Waals surface area contributed by atoms with Crippen LogP contribution in [0.15, 0.2) is 0 Å². The minimum Gasteiger partial charge on any atom is -0.480 e. The van der Waals surface area contributed by atoms with Gasteiger partial charge in [-0.2, -0.15) is 0 Å². The second kappa shape index (κ2) is 7.26. The summed E-state index contributed by atoms with van der Waals surface area (Å²) in [6.07, 6.45) is 4.63. The van der Waals surface area contributed by atoms with Crippen molar-refractivity contribution in [3.8, 4) is 0 Å². The van der Waals surface area contributed by atoms with Gasteiger partial charge in [0.1, 0.15) is 5.54 Å². The van der Waals surface area contributed by atoms with E-state index in [1.807, 2.05) is 0 Å². The van der Waals surface area contributed by atoms with Crippen molar-refractivity contribution in [3.05, 3.63) is 0 Å². The van der Waals surface area contributed by atoms with Gasteiger partial charge in [0.2, 0.25) is 11.8 Å². The van der Waals surface area contributed by atoms with Gasteiger partial charge in [0, 0.05) is 13.0 Å². The van der Waals surface area contributed by atoms with Gasteiger partial charge in [-0.15, -0.1) is 0 Å². The summed E-state index contributed by atoms with van der Waals surface area (Å²) in [7, 11) is 0. The van der Waals surface area contributed by atoms with Gasteiger partial charge < -0.3 is 15.3 Å². The lowest BCUT2D eigenvalue weighted by atomic mass is 9.99. The quantitative estimate of drug-likeness (QED) is 0.793. The average Bonchev–Trinajstić information content (AvgIpc) is 2.38. The van der Waals surface area contributed by atoms with Crippen LogP contribution in [0.5, 0.6) is 0 Å². The molecule has 0 aromatic carbocycles. The van der Waals surface area contributed by atoms with Gasteiger partial charge in [0.05, 0.1) is 6.54 Å². The molecule has 6 heteroatoms. The van der Waals surface area contributed by atoms with E-state index in [1.54, 1.807) is 6.92 Å². The van der Waals surface area contributed by atoms with Crippen LogP contribution >= 0.6 is 0 Å². The number of carboxylic acid groups (broad SMARTS) is 1. The predicted octanol–water partition coefficient (Wildman–Crippen LogP) is 1.15. The van der Waals surface area contributed by atoms with Crippen LogP contribution in [0, 0.1) is 0 Å². The van der Waals surface area contributed by atoms with E-state index in [0.29, 0.717) is 19.4 Å². The number of carbonyl (C=O) groups is 3. The highest BCUT2D eigenvalue weighted by Gasteiger charge is 2.33. The molecule has 1 saturated heterocycles. The molecule has 1 unspecified atom stereocenters. The molecular formula is C14H24N2O4. The Labute approximate surface area is 119 Å². The number of rotatable bonds is 5. The van der Waals surface area contributed by atoms with E-state index in [-0.39, 0.29) is 12.5 Å². The van der Waals surface area contributed by atoms with Crippen molar-refractivity contribution in [3.63, 3.8) is 0 Å². The summed E-state index contributed by atoms with van der Waals surface area (Å²) in [4.78, 5) is 36.6. The van der Waals surface area contributed by atoms with Crippen LogP contribution in [0.2, 0.25) is 0 Å². The van der Waals surface area contributed by atoms with Crippen LogP contribution in [0.25, 0.3) is 0 Å².